The molecule has 1 saturated carbocycles. The molecule has 0 atom stereocenters. The maximum absolute atomic E-state index is 12.2. The van der Waals surface area contributed by atoms with Gasteiger partial charge in [0.15, 0.2) is 0 Å². The summed E-state index contributed by atoms with van der Waals surface area (Å²) in [5, 5.41) is 2.81. The Hall–Kier alpha value is -3.40. The number of carbonyl (C=O) groups excluding carboxylic acids is 2. The van der Waals surface area contributed by atoms with E-state index in [4.69, 9.17) is 4.74 Å². The molecule has 0 spiro atoms. The summed E-state index contributed by atoms with van der Waals surface area (Å²) >= 11 is 0. The van der Waals surface area contributed by atoms with Crippen LogP contribution in [0.25, 0.3) is 5.57 Å². The molecular weight excluding hydrogens is 398 g/mol. The van der Waals surface area contributed by atoms with Crippen LogP contribution in [0.1, 0.15) is 43.7 Å². The van der Waals surface area contributed by atoms with Gasteiger partial charge in [0.2, 0.25) is 0 Å². The highest BCUT2D eigenvalue weighted by Crippen LogP contribution is 2.34. The van der Waals surface area contributed by atoms with Crippen LogP contribution in [0.3, 0.4) is 0 Å². The summed E-state index contributed by atoms with van der Waals surface area (Å²) < 4.78 is 5.32. The van der Waals surface area contributed by atoms with E-state index >= 15 is 0 Å². The molecule has 1 N–H and O–H groups in total. The van der Waals surface area contributed by atoms with Gasteiger partial charge in [-0.1, -0.05) is 67.3 Å². The summed E-state index contributed by atoms with van der Waals surface area (Å²) in [6.45, 7) is 6.25. The van der Waals surface area contributed by atoms with Gasteiger partial charge in [-0.3, -0.25) is 5.32 Å². The zero-order chi connectivity index (χ0) is 22.8. The van der Waals surface area contributed by atoms with E-state index in [1.165, 1.54) is 5.57 Å². The van der Waals surface area contributed by atoms with Gasteiger partial charge in [0.25, 0.3) is 0 Å². The predicted molar refractivity (Wildman–Crippen MR) is 130 cm³/mol. The van der Waals surface area contributed by atoms with Gasteiger partial charge in [-0.05, 0) is 72.9 Å². The number of rotatable bonds is 8. The van der Waals surface area contributed by atoms with Crippen LogP contribution in [0.2, 0.25) is 0 Å². The number of benzene rings is 2. The molecule has 4 heteroatoms. The first-order chi connectivity index (χ1) is 15.6. The molecule has 2 aromatic carbocycles. The summed E-state index contributed by atoms with van der Waals surface area (Å²) in [6.07, 6.45) is 10.7. The number of nitrogens with one attached hydrogen (secondary N) is 1. The molecule has 0 saturated heterocycles. The van der Waals surface area contributed by atoms with Gasteiger partial charge in [-0.2, -0.15) is 0 Å². The second-order valence-electron chi connectivity index (χ2n) is 8.11. The fourth-order valence-corrected chi connectivity index (χ4v) is 4.10. The van der Waals surface area contributed by atoms with Gasteiger partial charge >= 0.3 is 6.09 Å². The van der Waals surface area contributed by atoms with E-state index in [0.29, 0.717) is 11.6 Å². The van der Waals surface area contributed by atoms with E-state index in [1.54, 1.807) is 0 Å². The molecule has 1 aliphatic carbocycles. The Bertz CT molecular complexity index is 983. The lowest BCUT2D eigenvalue weighted by Gasteiger charge is -2.26. The summed E-state index contributed by atoms with van der Waals surface area (Å²) in [5.41, 5.74) is 4.90. The summed E-state index contributed by atoms with van der Waals surface area (Å²) in [7, 11) is 0. The van der Waals surface area contributed by atoms with Crippen LogP contribution >= 0.6 is 0 Å². The number of hydrogen-bond donors (Lipinski definition) is 1. The molecule has 4 nitrogen and oxygen atoms in total. The minimum absolute atomic E-state index is 0.197. The average Bonchev–Trinajstić information content (AvgIpc) is 2.84. The predicted octanol–water partition coefficient (Wildman–Crippen LogP) is 6.96. The number of amides is 1. The number of hydrogen-bond acceptors (Lipinski definition) is 3. The van der Waals surface area contributed by atoms with Crippen molar-refractivity contribution in [1.29, 1.82) is 0 Å². The van der Waals surface area contributed by atoms with Crippen LogP contribution in [0.15, 0.2) is 85.0 Å². The van der Waals surface area contributed by atoms with Crippen LogP contribution < -0.4 is 5.32 Å². The Labute approximate surface area is 190 Å². The highest BCUT2D eigenvalue weighted by Gasteiger charge is 2.22. The van der Waals surface area contributed by atoms with E-state index in [2.05, 4.69) is 24.0 Å². The number of carbonyl (C=O) groups is 2. The van der Waals surface area contributed by atoms with Crippen molar-refractivity contribution in [3.8, 4) is 0 Å². The molecule has 0 radical (unpaired) electrons. The summed E-state index contributed by atoms with van der Waals surface area (Å²) in [5.74, 6) is 0.621. The lowest BCUT2D eigenvalue weighted by Crippen LogP contribution is -2.16. The number of ether oxygens (including phenoxy) is 1. The normalized spacial score (nSPS) is 19.2. The fourth-order valence-electron chi connectivity index (χ4n) is 4.10. The highest BCUT2D eigenvalue weighted by molar-refractivity contribution is 5.86. The molecule has 3 rings (SSSR count). The first kappa shape index (κ1) is 23.3. The molecule has 1 amide bonds. The van der Waals surface area contributed by atoms with Crippen molar-refractivity contribution in [1.82, 2.24) is 0 Å². The van der Waals surface area contributed by atoms with Gasteiger partial charge in [0.1, 0.15) is 12.9 Å². The first-order valence-electron chi connectivity index (χ1n) is 11.2. The molecule has 0 bridgehead atoms. The topological polar surface area (TPSA) is 55.4 Å². The maximum Gasteiger partial charge on any atom is 0.411 e. The second-order valence-corrected chi connectivity index (χ2v) is 8.11. The molecule has 0 aromatic heterocycles. The van der Waals surface area contributed by atoms with Gasteiger partial charge in [-0.25, -0.2) is 4.79 Å². The SMILES string of the molecule is C=C/C(=C\C(=C/C)c1cccc(NC(=O)OCc2ccccc2)c1)C1CCC(C=O)CC1. The first-order valence-corrected chi connectivity index (χ1v) is 11.2. The zero-order valence-corrected chi connectivity index (χ0v) is 18.6. The van der Waals surface area contributed by atoms with Crippen molar-refractivity contribution in [2.24, 2.45) is 11.8 Å². The molecule has 1 aliphatic rings. The van der Waals surface area contributed by atoms with Crippen molar-refractivity contribution < 1.29 is 14.3 Å². The summed E-state index contributed by atoms with van der Waals surface area (Å²) in [6, 6.07) is 17.3. The molecule has 0 aliphatic heterocycles. The monoisotopic (exact) mass is 429 g/mol. The molecule has 32 heavy (non-hydrogen) atoms. The van der Waals surface area contributed by atoms with Crippen molar-refractivity contribution in [2.75, 3.05) is 5.32 Å². The molecule has 2 aromatic rings. The van der Waals surface area contributed by atoms with Crippen molar-refractivity contribution in [3.63, 3.8) is 0 Å². The van der Waals surface area contributed by atoms with E-state index in [-0.39, 0.29) is 12.5 Å². The minimum atomic E-state index is -0.484. The third-order valence-electron chi connectivity index (χ3n) is 5.96. The Morgan fingerprint density at radius 1 is 1.09 bits per heavy atom. The Balaban J connectivity index is 1.66. The smallest absolute Gasteiger partial charge is 0.411 e. The minimum Gasteiger partial charge on any atom is -0.444 e. The molecule has 166 valence electrons. The van der Waals surface area contributed by atoms with Crippen molar-refractivity contribution in [2.45, 2.75) is 39.2 Å². The average molecular weight is 430 g/mol. The van der Waals surface area contributed by atoms with Crippen LogP contribution in [0, 0.1) is 11.8 Å². The number of allylic oxidation sites excluding steroid dienone is 5. The lowest BCUT2D eigenvalue weighted by atomic mass is 9.78. The third-order valence-corrected chi connectivity index (χ3v) is 5.96. The van der Waals surface area contributed by atoms with E-state index in [1.807, 2.05) is 67.6 Å². The highest BCUT2D eigenvalue weighted by atomic mass is 16.5. The van der Waals surface area contributed by atoms with E-state index in [9.17, 15) is 9.59 Å². The zero-order valence-electron chi connectivity index (χ0n) is 18.6. The van der Waals surface area contributed by atoms with Gasteiger partial charge in [0, 0.05) is 11.6 Å². The molecule has 1 fully saturated rings. The standard InChI is InChI=1S/C28H31NO3/c1-3-23(25-15-13-21(19-30)14-16-25)17-24(4-2)26-11-8-12-27(18-26)29-28(31)32-20-22-9-6-5-7-10-22/h3-12,17-19,21,25H,1,13-16,20H2,2H3,(H,29,31)/b23-17+,24-4+. The Morgan fingerprint density at radius 2 is 1.84 bits per heavy atom. The quantitative estimate of drug-likeness (QED) is 0.365. The Kier molecular flexibility index (Phi) is 8.61. The molecule has 0 unspecified atom stereocenters. The molecular formula is C28H31NO3. The maximum atomic E-state index is 12.2. The van der Waals surface area contributed by atoms with Crippen molar-refractivity contribution in [3.05, 3.63) is 96.1 Å². The van der Waals surface area contributed by atoms with Crippen molar-refractivity contribution >= 4 is 23.6 Å². The fraction of sp³-hybridized carbons (Fsp3) is 0.286. The second kappa shape index (κ2) is 11.8. The Morgan fingerprint density at radius 3 is 2.50 bits per heavy atom. The number of aldehydes is 1. The van der Waals surface area contributed by atoms with Crippen LogP contribution in [-0.4, -0.2) is 12.4 Å². The summed E-state index contributed by atoms with van der Waals surface area (Å²) in [4.78, 5) is 23.3. The van der Waals surface area contributed by atoms with E-state index < -0.39 is 6.09 Å². The van der Waals surface area contributed by atoms with Crippen LogP contribution in [0.5, 0.6) is 0 Å². The largest absolute Gasteiger partial charge is 0.444 e. The van der Waals surface area contributed by atoms with Gasteiger partial charge in [-0.15, -0.1) is 0 Å². The third kappa shape index (κ3) is 6.55. The van der Waals surface area contributed by atoms with Gasteiger partial charge in [0.05, 0.1) is 0 Å². The van der Waals surface area contributed by atoms with E-state index in [0.717, 1.165) is 48.7 Å². The van der Waals surface area contributed by atoms with Crippen LogP contribution in [-0.2, 0) is 16.1 Å². The molecule has 0 heterocycles. The van der Waals surface area contributed by atoms with Crippen LogP contribution in [0.4, 0.5) is 10.5 Å². The number of anilines is 1. The lowest BCUT2D eigenvalue weighted by molar-refractivity contribution is -0.112. The van der Waals surface area contributed by atoms with Gasteiger partial charge < -0.3 is 9.53 Å².